The van der Waals surface area contributed by atoms with Gasteiger partial charge in [-0.15, -0.1) is 0 Å². The molecule has 0 spiro atoms. The molecule has 0 aliphatic rings. The molecule has 3 nitrogen and oxygen atoms in total. The van der Waals surface area contributed by atoms with Gasteiger partial charge in [0, 0.05) is 5.41 Å². The smallest absolute Gasteiger partial charge is 0.231 e. The van der Waals surface area contributed by atoms with Gasteiger partial charge in [0.1, 0.15) is 0 Å². The molecule has 0 bridgehead atoms. The predicted molar refractivity (Wildman–Crippen MR) is 89.9 cm³/mol. The average Bonchev–Trinajstić information content (AvgIpc) is 2.55. The summed E-state index contributed by atoms with van der Waals surface area (Å²) in [7, 11) is 0. The highest BCUT2D eigenvalue weighted by atomic mass is 16.5. The molecule has 0 aliphatic carbocycles. The van der Waals surface area contributed by atoms with Crippen LogP contribution >= 0.6 is 0 Å². The summed E-state index contributed by atoms with van der Waals surface area (Å²) in [6.45, 7) is 5.98. The van der Waals surface area contributed by atoms with Crippen molar-refractivity contribution in [2.75, 3.05) is 0 Å². The summed E-state index contributed by atoms with van der Waals surface area (Å²) < 4.78 is 6.14. The van der Waals surface area contributed by atoms with Crippen molar-refractivity contribution >= 4 is 12.1 Å². The maximum absolute atomic E-state index is 12.6. The van der Waals surface area contributed by atoms with Crippen molar-refractivity contribution < 1.29 is 14.3 Å². The van der Waals surface area contributed by atoms with Crippen molar-refractivity contribution in [3.63, 3.8) is 0 Å². The highest BCUT2D eigenvalue weighted by molar-refractivity contribution is 6.29. The Labute approximate surface area is 137 Å². The van der Waals surface area contributed by atoms with Crippen LogP contribution in [-0.2, 0) is 26.5 Å². The standard InChI is InChI=1S/C20H22O3/c1-19(2,3)20(18(22)14-21,17-12-8-5-9-13-17)23-15-16-10-6-4-7-11-16/h4-14H,15H2,1-3H3. The molecule has 3 heteroatoms. The number of hydrogen-bond donors (Lipinski definition) is 0. The van der Waals surface area contributed by atoms with Gasteiger partial charge in [-0.05, 0) is 11.1 Å². The van der Waals surface area contributed by atoms with Crippen LogP contribution in [0.2, 0.25) is 0 Å². The zero-order chi connectivity index (χ0) is 16.9. The van der Waals surface area contributed by atoms with Gasteiger partial charge in [-0.1, -0.05) is 81.4 Å². The quantitative estimate of drug-likeness (QED) is 0.600. The minimum atomic E-state index is -1.31. The lowest BCUT2D eigenvalue weighted by Crippen LogP contribution is -2.50. The summed E-state index contributed by atoms with van der Waals surface area (Å²) in [5.74, 6) is -0.563. The predicted octanol–water partition coefficient (Wildman–Crippen LogP) is 3.91. The van der Waals surface area contributed by atoms with Gasteiger partial charge in [0.25, 0.3) is 0 Å². The first-order valence-corrected chi connectivity index (χ1v) is 7.65. The molecule has 0 saturated carbocycles. The molecule has 120 valence electrons. The third-order valence-corrected chi connectivity index (χ3v) is 3.99. The molecule has 0 N–H and O–H groups in total. The molecule has 0 heterocycles. The van der Waals surface area contributed by atoms with E-state index in [4.69, 9.17) is 4.74 Å². The van der Waals surface area contributed by atoms with E-state index in [0.717, 1.165) is 5.56 Å². The van der Waals surface area contributed by atoms with Crippen LogP contribution in [0.1, 0.15) is 31.9 Å². The molecular formula is C20H22O3. The van der Waals surface area contributed by atoms with Crippen molar-refractivity contribution in [1.82, 2.24) is 0 Å². The van der Waals surface area contributed by atoms with Crippen LogP contribution < -0.4 is 0 Å². The van der Waals surface area contributed by atoms with Crippen molar-refractivity contribution in [2.24, 2.45) is 5.41 Å². The van der Waals surface area contributed by atoms with Crippen LogP contribution in [0.4, 0.5) is 0 Å². The normalized spacial score (nSPS) is 14.0. The fourth-order valence-corrected chi connectivity index (χ4v) is 2.84. The summed E-state index contributed by atoms with van der Waals surface area (Å²) in [4.78, 5) is 24.0. The molecule has 0 aromatic heterocycles. The topological polar surface area (TPSA) is 43.4 Å². The van der Waals surface area contributed by atoms with Gasteiger partial charge < -0.3 is 4.74 Å². The molecule has 1 unspecified atom stereocenters. The van der Waals surface area contributed by atoms with E-state index in [9.17, 15) is 9.59 Å². The van der Waals surface area contributed by atoms with E-state index in [1.807, 2.05) is 81.4 Å². The summed E-state index contributed by atoms with van der Waals surface area (Å²) in [5, 5.41) is 0. The largest absolute Gasteiger partial charge is 0.357 e. The number of carbonyl (C=O) groups is 2. The van der Waals surface area contributed by atoms with E-state index in [-0.39, 0.29) is 6.61 Å². The Kier molecular flexibility index (Phi) is 5.12. The Morgan fingerprint density at radius 1 is 0.957 bits per heavy atom. The third-order valence-electron chi connectivity index (χ3n) is 3.99. The lowest BCUT2D eigenvalue weighted by Gasteiger charge is -2.42. The van der Waals surface area contributed by atoms with Crippen molar-refractivity contribution in [3.05, 3.63) is 71.8 Å². The number of carbonyl (C=O) groups excluding carboxylic acids is 2. The number of ketones is 1. The second-order valence-corrected chi connectivity index (χ2v) is 6.55. The number of hydrogen-bond acceptors (Lipinski definition) is 3. The number of rotatable bonds is 6. The van der Waals surface area contributed by atoms with Gasteiger partial charge in [-0.2, -0.15) is 0 Å². The first-order valence-electron chi connectivity index (χ1n) is 7.65. The Balaban J connectivity index is 2.49. The van der Waals surface area contributed by atoms with Crippen molar-refractivity contribution in [3.8, 4) is 0 Å². The van der Waals surface area contributed by atoms with Gasteiger partial charge in [-0.25, -0.2) is 0 Å². The summed E-state index contributed by atoms with van der Waals surface area (Å²) >= 11 is 0. The molecule has 1 atom stereocenters. The van der Waals surface area contributed by atoms with Crippen molar-refractivity contribution in [2.45, 2.75) is 33.0 Å². The van der Waals surface area contributed by atoms with Gasteiger partial charge >= 0.3 is 0 Å². The van der Waals surface area contributed by atoms with Crippen LogP contribution in [0, 0.1) is 5.41 Å². The molecule has 0 fully saturated rings. The Bertz CT molecular complexity index is 656. The molecule has 0 aliphatic heterocycles. The van der Waals surface area contributed by atoms with Crippen molar-refractivity contribution in [1.29, 1.82) is 0 Å². The molecule has 2 aromatic carbocycles. The van der Waals surface area contributed by atoms with E-state index in [0.29, 0.717) is 11.8 Å². The molecule has 23 heavy (non-hydrogen) atoms. The van der Waals surface area contributed by atoms with Crippen LogP contribution in [0.5, 0.6) is 0 Å². The Morgan fingerprint density at radius 2 is 1.48 bits per heavy atom. The Hall–Kier alpha value is -2.26. The number of aldehydes is 1. The average molecular weight is 310 g/mol. The third kappa shape index (κ3) is 3.40. The summed E-state index contributed by atoms with van der Waals surface area (Å²) in [6.07, 6.45) is 0.364. The minimum Gasteiger partial charge on any atom is -0.357 e. The maximum atomic E-state index is 12.6. The minimum absolute atomic E-state index is 0.257. The zero-order valence-corrected chi connectivity index (χ0v) is 13.8. The van der Waals surface area contributed by atoms with E-state index >= 15 is 0 Å². The summed E-state index contributed by atoms with van der Waals surface area (Å²) in [5.41, 5.74) is -0.247. The first kappa shape index (κ1) is 17.1. The molecule has 2 aromatic rings. The van der Waals surface area contributed by atoms with Gasteiger partial charge in [0.05, 0.1) is 6.61 Å². The Morgan fingerprint density at radius 3 is 1.96 bits per heavy atom. The second-order valence-electron chi connectivity index (χ2n) is 6.55. The monoisotopic (exact) mass is 310 g/mol. The SMILES string of the molecule is CC(C)(C)C(OCc1ccccc1)(C(=O)C=O)c1ccccc1. The van der Waals surface area contributed by atoms with Crippen LogP contribution in [-0.4, -0.2) is 12.1 Å². The second kappa shape index (κ2) is 6.88. The van der Waals surface area contributed by atoms with Gasteiger partial charge in [0.2, 0.25) is 5.78 Å². The van der Waals surface area contributed by atoms with E-state index in [1.54, 1.807) is 0 Å². The zero-order valence-electron chi connectivity index (χ0n) is 13.8. The van der Waals surface area contributed by atoms with Crippen LogP contribution in [0.3, 0.4) is 0 Å². The molecule has 0 radical (unpaired) electrons. The van der Waals surface area contributed by atoms with Gasteiger partial charge in [0.15, 0.2) is 11.9 Å². The van der Waals surface area contributed by atoms with E-state index in [1.165, 1.54) is 0 Å². The van der Waals surface area contributed by atoms with Crippen LogP contribution in [0.15, 0.2) is 60.7 Å². The van der Waals surface area contributed by atoms with Gasteiger partial charge in [-0.3, -0.25) is 9.59 Å². The lowest BCUT2D eigenvalue weighted by atomic mass is 9.69. The number of benzene rings is 2. The lowest BCUT2D eigenvalue weighted by molar-refractivity contribution is -0.170. The molecule has 2 rings (SSSR count). The number of Topliss-reactive ketones (excluding diaryl/α,β-unsaturated/α-hetero) is 1. The number of ether oxygens (including phenoxy) is 1. The highest BCUT2D eigenvalue weighted by Gasteiger charge is 2.50. The van der Waals surface area contributed by atoms with Crippen LogP contribution in [0.25, 0.3) is 0 Å². The molecule has 0 amide bonds. The van der Waals surface area contributed by atoms with E-state index in [2.05, 4.69) is 0 Å². The molecular weight excluding hydrogens is 288 g/mol. The molecule has 0 saturated heterocycles. The van der Waals surface area contributed by atoms with E-state index < -0.39 is 16.8 Å². The highest BCUT2D eigenvalue weighted by Crippen LogP contribution is 2.43. The summed E-state index contributed by atoms with van der Waals surface area (Å²) in [6, 6.07) is 18.9. The maximum Gasteiger partial charge on any atom is 0.231 e. The fourth-order valence-electron chi connectivity index (χ4n) is 2.84. The first-order chi connectivity index (χ1) is 10.9. The fraction of sp³-hybridized carbons (Fsp3) is 0.300.